The van der Waals surface area contributed by atoms with Crippen molar-refractivity contribution in [1.29, 1.82) is 0 Å². The molecule has 1 atom stereocenters. The maximum atomic E-state index is 13.8. The summed E-state index contributed by atoms with van der Waals surface area (Å²) in [6.45, 7) is 5.12. The zero-order chi connectivity index (χ0) is 14.3. The van der Waals surface area contributed by atoms with Gasteiger partial charge in [-0.15, -0.1) is 0 Å². The molecule has 6 heteroatoms. The summed E-state index contributed by atoms with van der Waals surface area (Å²) in [5.74, 6) is 0.179. The fourth-order valence-corrected chi connectivity index (χ4v) is 3.39. The Labute approximate surface area is 125 Å². The van der Waals surface area contributed by atoms with Gasteiger partial charge >= 0.3 is 0 Å². The van der Waals surface area contributed by atoms with Crippen LogP contribution in [0.25, 0.3) is 11.0 Å². The average Bonchev–Trinajstić information content (AvgIpc) is 2.97. The molecule has 3 rings (SSSR count). The molecule has 0 radical (unpaired) electrons. The van der Waals surface area contributed by atoms with E-state index in [0.29, 0.717) is 16.5 Å². The lowest BCUT2D eigenvalue weighted by molar-refractivity contribution is 0.246. The Bertz CT molecular complexity index is 640. The predicted molar refractivity (Wildman–Crippen MR) is 82.1 cm³/mol. The molecule has 2 heterocycles. The van der Waals surface area contributed by atoms with Crippen LogP contribution in [0.2, 0.25) is 0 Å². The standard InChI is InChI=1S/C14H18BrFN4/c1-2-19-5-3-4-9(19)8-20-13-7-11(16)10(15)6-12(13)18-14(20)17/h6-7,9H,2-5,8H2,1H3,(H2,17,18). The van der Waals surface area contributed by atoms with Crippen LogP contribution in [0.1, 0.15) is 19.8 Å². The first kappa shape index (κ1) is 13.8. The second kappa shape index (κ2) is 5.33. The van der Waals surface area contributed by atoms with Gasteiger partial charge in [0.15, 0.2) is 0 Å². The number of hydrogen-bond donors (Lipinski definition) is 1. The van der Waals surface area contributed by atoms with Gasteiger partial charge in [0.2, 0.25) is 5.95 Å². The number of fused-ring (bicyclic) bond motifs is 1. The van der Waals surface area contributed by atoms with Crippen LogP contribution < -0.4 is 5.73 Å². The van der Waals surface area contributed by atoms with Crippen LogP contribution in [0, 0.1) is 5.82 Å². The van der Waals surface area contributed by atoms with Crippen LogP contribution >= 0.6 is 15.9 Å². The summed E-state index contributed by atoms with van der Waals surface area (Å²) in [4.78, 5) is 6.78. The summed E-state index contributed by atoms with van der Waals surface area (Å²) in [6.07, 6.45) is 2.37. The summed E-state index contributed by atoms with van der Waals surface area (Å²) in [5, 5.41) is 0. The van der Waals surface area contributed by atoms with Gasteiger partial charge in [0, 0.05) is 18.7 Å². The molecule has 0 amide bonds. The number of halogens is 2. The quantitative estimate of drug-likeness (QED) is 0.934. The van der Waals surface area contributed by atoms with E-state index < -0.39 is 0 Å². The minimum Gasteiger partial charge on any atom is -0.369 e. The third-order valence-corrected chi connectivity index (χ3v) is 4.73. The van der Waals surface area contributed by atoms with Crippen molar-refractivity contribution in [3.05, 3.63) is 22.4 Å². The first-order valence-corrected chi connectivity index (χ1v) is 7.74. The second-order valence-electron chi connectivity index (χ2n) is 5.26. The second-order valence-corrected chi connectivity index (χ2v) is 6.11. The Hall–Kier alpha value is -1.14. The molecule has 1 aromatic heterocycles. The molecule has 1 aliphatic heterocycles. The molecule has 0 bridgehead atoms. The Balaban J connectivity index is 1.98. The van der Waals surface area contributed by atoms with E-state index in [0.717, 1.165) is 37.1 Å². The van der Waals surface area contributed by atoms with Crippen molar-refractivity contribution in [2.75, 3.05) is 18.8 Å². The highest BCUT2D eigenvalue weighted by atomic mass is 79.9. The van der Waals surface area contributed by atoms with Crippen molar-refractivity contribution in [2.24, 2.45) is 0 Å². The Morgan fingerprint density at radius 3 is 3.05 bits per heavy atom. The number of hydrogen-bond acceptors (Lipinski definition) is 3. The van der Waals surface area contributed by atoms with E-state index in [1.165, 1.54) is 12.5 Å². The van der Waals surface area contributed by atoms with E-state index in [4.69, 9.17) is 5.73 Å². The molecule has 0 saturated carbocycles. The molecule has 0 spiro atoms. The molecule has 0 aliphatic carbocycles. The largest absolute Gasteiger partial charge is 0.369 e. The molecule has 108 valence electrons. The van der Waals surface area contributed by atoms with Crippen molar-refractivity contribution < 1.29 is 4.39 Å². The summed E-state index contributed by atoms with van der Waals surface area (Å²) in [7, 11) is 0. The SMILES string of the molecule is CCN1CCCC1Cn1c(N)nc2cc(Br)c(F)cc21. The number of nitrogens with two attached hydrogens (primary N) is 1. The third-order valence-electron chi connectivity index (χ3n) is 4.12. The van der Waals surface area contributed by atoms with Gasteiger partial charge in [0.1, 0.15) is 5.82 Å². The van der Waals surface area contributed by atoms with E-state index in [1.807, 2.05) is 4.57 Å². The minimum absolute atomic E-state index is 0.280. The maximum Gasteiger partial charge on any atom is 0.201 e. The highest BCUT2D eigenvalue weighted by molar-refractivity contribution is 9.10. The highest BCUT2D eigenvalue weighted by Gasteiger charge is 2.25. The molecule has 1 aliphatic rings. The monoisotopic (exact) mass is 340 g/mol. The molecule has 20 heavy (non-hydrogen) atoms. The Morgan fingerprint density at radius 1 is 1.50 bits per heavy atom. The number of rotatable bonds is 3. The average molecular weight is 341 g/mol. The first-order chi connectivity index (χ1) is 9.60. The fourth-order valence-electron chi connectivity index (χ4n) is 3.06. The smallest absolute Gasteiger partial charge is 0.201 e. The third kappa shape index (κ3) is 2.31. The number of imidazole rings is 1. The van der Waals surface area contributed by atoms with Crippen LogP contribution in [0.15, 0.2) is 16.6 Å². The van der Waals surface area contributed by atoms with Crippen LogP contribution in [-0.4, -0.2) is 33.6 Å². The lowest BCUT2D eigenvalue weighted by Gasteiger charge is -2.23. The summed E-state index contributed by atoms with van der Waals surface area (Å²) < 4.78 is 16.1. The first-order valence-electron chi connectivity index (χ1n) is 6.95. The van der Waals surface area contributed by atoms with Gasteiger partial charge in [-0.25, -0.2) is 9.37 Å². The van der Waals surface area contributed by atoms with Crippen molar-refractivity contribution in [3.8, 4) is 0 Å². The number of likely N-dealkylation sites (tertiary alicyclic amines) is 1. The zero-order valence-electron chi connectivity index (χ0n) is 11.4. The van der Waals surface area contributed by atoms with Gasteiger partial charge in [0.05, 0.1) is 15.5 Å². The van der Waals surface area contributed by atoms with E-state index in [1.54, 1.807) is 6.07 Å². The molecule has 4 nitrogen and oxygen atoms in total. The van der Waals surface area contributed by atoms with E-state index in [-0.39, 0.29) is 5.82 Å². The maximum absolute atomic E-state index is 13.8. The lowest BCUT2D eigenvalue weighted by Crippen LogP contribution is -2.33. The van der Waals surface area contributed by atoms with Crippen molar-refractivity contribution in [3.63, 3.8) is 0 Å². The van der Waals surface area contributed by atoms with Crippen molar-refractivity contribution in [2.45, 2.75) is 32.4 Å². The normalized spacial score (nSPS) is 20.1. The lowest BCUT2D eigenvalue weighted by atomic mass is 10.2. The predicted octanol–water partition coefficient (Wildman–Crippen LogP) is 3.00. The number of nitrogen functional groups attached to an aromatic ring is 1. The number of nitrogens with zero attached hydrogens (tertiary/aromatic N) is 3. The van der Waals surface area contributed by atoms with E-state index in [9.17, 15) is 4.39 Å². The highest BCUT2D eigenvalue weighted by Crippen LogP contribution is 2.27. The number of likely N-dealkylation sites (N-methyl/N-ethyl adjacent to an activating group) is 1. The van der Waals surface area contributed by atoms with Crippen LogP contribution in [0.5, 0.6) is 0 Å². The van der Waals surface area contributed by atoms with Gasteiger partial charge in [-0.3, -0.25) is 4.90 Å². The molecule has 1 saturated heterocycles. The van der Waals surface area contributed by atoms with E-state index in [2.05, 4.69) is 32.7 Å². The number of anilines is 1. The Morgan fingerprint density at radius 2 is 2.30 bits per heavy atom. The zero-order valence-corrected chi connectivity index (χ0v) is 13.0. The van der Waals surface area contributed by atoms with Gasteiger partial charge in [-0.2, -0.15) is 0 Å². The Kier molecular flexibility index (Phi) is 3.69. The molecular weight excluding hydrogens is 323 g/mol. The van der Waals surface area contributed by atoms with Crippen LogP contribution in [0.4, 0.5) is 10.3 Å². The molecule has 2 aromatic rings. The summed E-state index contributed by atoms with van der Waals surface area (Å²) in [6, 6.07) is 3.66. The van der Waals surface area contributed by atoms with Gasteiger partial charge < -0.3 is 10.3 Å². The summed E-state index contributed by atoms with van der Waals surface area (Å²) in [5.41, 5.74) is 7.52. The molecule has 2 N–H and O–H groups in total. The van der Waals surface area contributed by atoms with Crippen LogP contribution in [0.3, 0.4) is 0 Å². The number of benzene rings is 1. The van der Waals surface area contributed by atoms with Gasteiger partial charge in [-0.1, -0.05) is 6.92 Å². The fraction of sp³-hybridized carbons (Fsp3) is 0.500. The molecule has 1 fully saturated rings. The van der Waals surface area contributed by atoms with Crippen LogP contribution in [-0.2, 0) is 6.54 Å². The van der Waals surface area contributed by atoms with E-state index >= 15 is 0 Å². The molecule has 1 unspecified atom stereocenters. The van der Waals surface area contributed by atoms with Gasteiger partial charge in [0.25, 0.3) is 0 Å². The number of aromatic nitrogens is 2. The molecular formula is C14H18BrFN4. The van der Waals surface area contributed by atoms with Crippen molar-refractivity contribution in [1.82, 2.24) is 14.5 Å². The summed E-state index contributed by atoms with van der Waals surface area (Å²) >= 11 is 3.19. The van der Waals surface area contributed by atoms with Crippen molar-refractivity contribution >= 4 is 32.9 Å². The topological polar surface area (TPSA) is 47.1 Å². The molecule has 1 aromatic carbocycles. The minimum atomic E-state index is -0.280. The van der Waals surface area contributed by atoms with Gasteiger partial charge in [-0.05, 0) is 47.9 Å².